The van der Waals surface area contributed by atoms with Crippen molar-refractivity contribution < 1.29 is 4.79 Å². The van der Waals surface area contributed by atoms with Gasteiger partial charge in [0.1, 0.15) is 0 Å². The maximum absolute atomic E-state index is 11.7. The van der Waals surface area contributed by atoms with Gasteiger partial charge >= 0.3 is 6.03 Å². The number of likely N-dealkylation sites (tertiary alicyclic amines) is 1. The van der Waals surface area contributed by atoms with Crippen LogP contribution in [0.1, 0.15) is 31.4 Å². The maximum Gasteiger partial charge on any atom is 0.317 e. The Kier molecular flexibility index (Phi) is 5.41. The maximum atomic E-state index is 11.7. The number of nitrogens with zero attached hydrogens (tertiary/aromatic N) is 2. The van der Waals surface area contributed by atoms with E-state index in [0.29, 0.717) is 6.54 Å². The van der Waals surface area contributed by atoms with Crippen LogP contribution in [0.3, 0.4) is 0 Å². The van der Waals surface area contributed by atoms with Crippen molar-refractivity contribution in [3.8, 4) is 0 Å². The van der Waals surface area contributed by atoms with Gasteiger partial charge in [0.15, 0.2) is 0 Å². The van der Waals surface area contributed by atoms with E-state index < -0.39 is 0 Å². The summed E-state index contributed by atoms with van der Waals surface area (Å²) in [4.78, 5) is 15.9. The van der Waals surface area contributed by atoms with Crippen molar-refractivity contribution in [3.05, 3.63) is 35.4 Å². The summed E-state index contributed by atoms with van der Waals surface area (Å²) in [5.41, 5.74) is 2.48. The Bertz CT molecular complexity index is 422. The molecule has 1 N–H and O–H groups in total. The van der Waals surface area contributed by atoms with Crippen molar-refractivity contribution in [3.63, 3.8) is 0 Å². The number of carbonyl (C=O) groups is 1. The third kappa shape index (κ3) is 3.97. The standard InChI is InChI=1S/C16H25N3O/c1-3-18(4-2)13-15-8-6-14(7-9-15)12-17-16(20)19-10-5-11-19/h6-9H,3-5,10-13H2,1-2H3,(H,17,20). The number of hydrogen-bond donors (Lipinski definition) is 1. The molecule has 1 aromatic rings. The van der Waals surface area contributed by atoms with Crippen molar-refractivity contribution in [2.24, 2.45) is 0 Å². The van der Waals surface area contributed by atoms with Crippen LogP contribution in [0.4, 0.5) is 4.79 Å². The molecule has 0 spiro atoms. The van der Waals surface area contributed by atoms with Gasteiger partial charge in [-0.25, -0.2) is 4.79 Å². The van der Waals surface area contributed by atoms with Gasteiger partial charge in [0.2, 0.25) is 0 Å². The fourth-order valence-electron chi connectivity index (χ4n) is 2.28. The molecule has 2 amide bonds. The Morgan fingerprint density at radius 3 is 2.25 bits per heavy atom. The number of rotatable bonds is 6. The summed E-state index contributed by atoms with van der Waals surface area (Å²) in [5.74, 6) is 0. The number of amides is 2. The summed E-state index contributed by atoms with van der Waals surface area (Å²) < 4.78 is 0. The second-order valence-corrected chi connectivity index (χ2v) is 5.28. The highest BCUT2D eigenvalue weighted by molar-refractivity contribution is 5.74. The molecular weight excluding hydrogens is 250 g/mol. The molecule has 0 aromatic heterocycles. The number of urea groups is 1. The summed E-state index contributed by atoms with van der Waals surface area (Å²) in [6, 6.07) is 8.58. The van der Waals surface area contributed by atoms with Gasteiger partial charge in [-0.05, 0) is 30.6 Å². The van der Waals surface area contributed by atoms with Gasteiger partial charge in [-0.3, -0.25) is 4.90 Å². The zero-order valence-corrected chi connectivity index (χ0v) is 12.6. The van der Waals surface area contributed by atoms with Gasteiger partial charge in [0.05, 0.1) is 0 Å². The van der Waals surface area contributed by atoms with E-state index in [-0.39, 0.29) is 6.03 Å². The van der Waals surface area contributed by atoms with E-state index in [2.05, 4.69) is 48.3 Å². The summed E-state index contributed by atoms with van der Waals surface area (Å²) in [6.45, 7) is 9.91. The molecule has 1 fully saturated rings. The molecular formula is C16H25N3O. The molecule has 2 rings (SSSR count). The Balaban J connectivity index is 1.80. The summed E-state index contributed by atoms with van der Waals surface area (Å²) in [6.07, 6.45) is 1.13. The van der Waals surface area contributed by atoms with Gasteiger partial charge in [-0.1, -0.05) is 38.1 Å². The zero-order valence-electron chi connectivity index (χ0n) is 12.6. The van der Waals surface area contributed by atoms with Crippen LogP contribution in [0.2, 0.25) is 0 Å². The molecule has 4 nitrogen and oxygen atoms in total. The van der Waals surface area contributed by atoms with Crippen LogP contribution in [-0.4, -0.2) is 42.0 Å². The lowest BCUT2D eigenvalue weighted by Gasteiger charge is -2.30. The number of hydrogen-bond acceptors (Lipinski definition) is 2. The van der Waals surface area contributed by atoms with Gasteiger partial charge in [0, 0.05) is 26.2 Å². The molecule has 1 aliphatic rings. The van der Waals surface area contributed by atoms with Crippen molar-refractivity contribution in [1.29, 1.82) is 0 Å². The van der Waals surface area contributed by atoms with Crippen LogP contribution in [0.5, 0.6) is 0 Å². The largest absolute Gasteiger partial charge is 0.334 e. The van der Waals surface area contributed by atoms with Gasteiger partial charge in [-0.15, -0.1) is 0 Å². The average molecular weight is 275 g/mol. The quantitative estimate of drug-likeness (QED) is 0.865. The zero-order chi connectivity index (χ0) is 14.4. The highest BCUT2D eigenvalue weighted by Crippen LogP contribution is 2.09. The molecule has 20 heavy (non-hydrogen) atoms. The van der Waals surface area contributed by atoms with E-state index in [1.165, 1.54) is 5.56 Å². The SMILES string of the molecule is CCN(CC)Cc1ccc(CNC(=O)N2CCC2)cc1. The lowest BCUT2D eigenvalue weighted by molar-refractivity contribution is 0.167. The molecule has 0 atom stereocenters. The molecule has 1 saturated heterocycles. The van der Waals surface area contributed by atoms with Crippen molar-refractivity contribution in [1.82, 2.24) is 15.1 Å². The normalized spacial score (nSPS) is 14.2. The highest BCUT2D eigenvalue weighted by Gasteiger charge is 2.19. The van der Waals surface area contributed by atoms with Crippen LogP contribution in [0, 0.1) is 0 Å². The number of nitrogens with one attached hydrogen (secondary N) is 1. The Morgan fingerprint density at radius 2 is 1.75 bits per heavy atom. The first-order valence-corrected chi connectivity index (χ1v) is 7.56. The molecule has 110 valence electrons. The molecule has 1 heterocycles. The van der Waals surface area contributed by atoms with Gasteiger partial charge < -0.3 is 10.2 Å². The van der Waals surface area contributed by atoms with E-state index in [9.17, 15) is 4.79 Å². The lowest BCUT2D eigenvalue weighted by atomic mass is 10.1. The van der Waals surface area contributed by atoms with E-state index in [1.807, 2.05) is 4.90 Å². The third-order valence-corrected chi connectivity index (χ3v) is 3.91. The number of carbonyl (C=O) groups excluding carboxylic acids is 1. The van der Waals surface area contributed by atoms with Gasteiger partial charge in [0.25, 0.3) is 0 Å². The van der Waals surface area contributed by atoms with E-state index in [0.717, 1.165) is 44.7 Å². The van der Waals surface area contributed by atoms with Crippen LogP contribution < -0.4 is 5.32 Å². The predicted molar refractivity (Wildman–Crippen MR) is 81.5 cm³/mol. The van der Waals surface area contributed by atoms with Crippen molar-refractivity contribution >= 4 is 6.03 Å². The average Bonchev–Trinajstić information content (AvgIpc) is 2.42. The van der Waals surface area contributed by atoms with E-state index in [4.69, 9.17) is 0 Å². The highest BCUT2D eigenvalue weighted by atomic mass is 16.2. The van der Waals surface area contributed by atoms with Crippen LogP contribution in [0.15, 0.2) is 24.3 Å². The smallest absolute Gasteiger partial charge is 0.317 e. The molecule has 4 heteroatoms. The fourth-order valence-corrected chi connectivity index (χ4v) is 2.28. The number of benzene rings is 1. The minimum absolute atomic E-state index is 0.0588. The Hall–Kier alpha value is -1.55. The van der Waals surface area contributed by atoms with Crippen LogP contribution in [-0.2, 0) is 13.1 Å². The van der Waals surface area contributed by atoms with Crippen LogP contribution in [0.25, 0.3) is 0 Å². The molecule has 1 aliphatic heterocycles. The van der Waals surface area contributed by atoms with Crippen LogP contribution >= 0.6 is 0 Å². The second-order valence-electron chi connectivity index (χ2n) is 5.28. The van der Waals surface area contributed by atoms with E-state index in [1.54, 1.807) is 0 Å². The molecule has 0 saturated carbocycles. The minimum Gasteiger partial charge on any atom is -0.334 e. The second kappa shape index (κ2) is 7.29. The first kappa shape index (κ1) is 14.9. The molecule has 1 aromatic carbocycles. The monoisotopic (exact) mass is 275 g/mol. The molecule has 0 radical (unpaired) electrons. The van der Waals surface area contributed by atoms with Crippen molar-refractivity contribution in [2.75, 3.05) is 26.2 Å². The van der Waals surface area contributed by atoms with Gasteiger partial charge in [-0.2, -0.15) is 0 Å². The molecule has 0 aliphatic carbocycles. The first-order chi connectivity index (χ1) is 9.72. The fraction of sp³-hybridized carbons (Fsp3) is 0.562. The van der Waals surface area contributed by atoms with E-state index >= 15 is 0 Å². The molecule has 0 bridgehead atoms. The summed E-state index contributed by atoms with van der Waals surface area (Å²) in [5, 5.41) is 2.96. The predicted octanol–water partition coefficient (Wildman–Crippen LogP) is 2.44. The summed E-state index contributed by atoms with van der Waals surface area (Å²) in [7, 11) is 0. The summed E-state index contributed by atoms with van der Waals surface area (Å²) >= 11 is 0. The Morgan fingerprint density at radius 1 is 1.15 bits per heavy atom. The third-order valence-electron chi connectivity index (χ3n) is 3.91. The molecule has 0 unspecified atom stereocenters. The lowest BCUT2D eigenvalue weighted by Crippen LogP contribution is -2.47. The first-order valence-electron chi connectivity index (χ1n) is 7.56. The van der Waals surface area contributed by atoms with Crippen molar-refractivity contribution in [2.45, 2.75) is 33.4 Å². The Labute approximate surface area is 121 Å². The topological polar surface area (TPSA) is 35.6 Å². The minimum atomic E-state index is 0.0588.